The van der Waals surface area contributed by atoms with Crippen molar-refractivity contribution in [3.63, 3.8) is 0 Å². The molecule has 168 valence electrons. The van der Waals surface area contributed by atoms with Gasteiger partial charge in [0.2, 0.25) is 0 Å². The van der Waals surface area contributed by atoms with Crippen LogP contribution in [0.3, 0.4) is 0 Å². The monoisotopic (exact) mass is 445 g/mol. The maximum atomic E-state index is 12.8. The molecule has 4 aromatic rings. The molecule has 0 spiro atoms. The van der Waals surface area contributed by atoms with Crippen LogP contribution in [-0.2, 0) is 0 Å². The molecule has 1 aliphatic rings. The first-order chi connectivity index (χ1) is 16.1. The zero-order valence-corrected chi connectivity index (χ0v) is 18.1. The quantitative estimate of drug-likeness (QED) is 0.497. The number of hydrogen-bond acceptors (Lipinski definition) is 5. The molecule has 1 saturated heterocycles. The predicted molar refractivity (Wildman–Crippen MR) is 123 cm³/mol. The Morgan fingerprint density at radius 3 is 2.42 bits per heavy atom. The van der Waals surface area contributed by atoms with Crippen LogP contribution in [0, 0.1) is 0 Å². The van der Waals surface area contributed by atoms with Gasteiger partial charge >= 0.3 is 6.03 Å². The van der Waals surface area contributed by atoms with Crippen molar-refractivity contribution in [2.45, 2.75) is 0 Å². The van der Waals surface area contributed by atoms with Gasteiger partial charge in [0, 0.05) is 31.6 Å². The number of aromatic amines is 1. The van der Waals surface area contributed by atoms with Crippen molar-refractivity contribution in [3.8, 4) is 16.9 Å². The highest BCUT2D eigenvalue weighted by atomic mass is 16.5. The van der Waals surface area contributed by atoms with Crippen LogP contribution in [0.5, 0.6) is 5.75 Å². The van der Waals surface area contributed by atoms with Crippen molar-refractivity contribution >= 4 is 28.7 Å². The second-order valence-electron chi connectivity index (χ2n) is 7.75. The number of anilines is 1. The van der Waals surface area contributed by atoms with E-state index in [2.05, 4.69) is 15.5 Å². The highest BCUT2D eigenvalue weighted by Gasteiger charge is 2.26. The molecule has 33 heavy (non-hydrogen) atoms. The zero-order chi connectivity index (χ0) is 22.8. The van der Waals surface area contributed by atoms with Gasteiger partial charge in [-0.25, -0.2) is 4.79 Å². The summed E-state index contributed by atoms with van der Waals surface area (Å²) in [6, 6.07) is 16.8. The number of fused-ring (bicyclic) bond motifs is 1. The number of hydrogen-bond donors (Lipinski definition) is 2. The van der Waals surface area contributed by atoms with Crippen LogP contribution in [0.15, 0.2) is 65.3 Å². The molecule has 0 atom stereocenters. The summed E-state index contributed by atoms with van der Waals surface area (Å²) in [6.45, 7) is 1.75. The van der Waals surface area contributed by atoms with Gasteiger partial charge in [-0.15, -0.1) is 0 Å². The Morgan fingerprint density at radius 2 is 1.73 bits per heavy atom. The normalized spacial score (nSPS) is 13.8. The van der Waals surface area contributed by atoms with Crippen molar-refractivity contribution in [3.05, 3.63) is 66.6 Å². The van der Waals surface area contributed by atoms with Gasteiger partial charge in [0.25, 0.3) is 5.91 Å². The van der Waals surface area contributed by atoms with Gasteiger partial charge in [-0.2, -0.15) is 5.10 Å². The fourth-order valence-electron chi connectivity index (χ4n) is 3.93. The number of nitrogens with zero attached hydrogens (tertiary/aromatic N) is 3. The maximum Gasteiger partial charge on any atom is 0.323 e. The molecule has 0 bridgehead atoms. The van der Waals surface area contributed by atoms with Crippen LogP contribution in [0.1, 0.15) is 10.6 Å². The van der Waals surface area contributed by atoms with Crippen molar-refractivity contribution in [1.82, 2.24) is 20.0 Å². The number of carbonyl (C=O) groups excluding carboxylic acids is 2. The van der Waals surface area contributed by atoms with E-state index < -0.39 is 0 Å². The summed E-state index contributed by atoms with van der Waals surface area (Å²) >= 11 is 0. The number of furan rings is 1. The number of methoxy groups -OCH3 is 1. The zero-order valence-electron chi connectivity index (χ0n) is 18.1. The van der Waals surface area contributed by atoms with E-state index in [1.807, 2.05) is 42.5 Å². The van der Waals surface area contributed by atoms with E-state index in [4.69, 9.17) is 9.15 Å². The molecule has 9 nitrogen and oxygen atoms in total. The molecule has 0 saturated carbocycles. The lowest BCUT2D eigenvalue weighted by molar-refractivity contribution is 0.0640. The third-order valence-electron chi connectivity index (χ3n) is 5.80. The molecular formula is C24H23N5O4. The minimum atomic E-state index is -0.243. The molecule has 0 radical (unpaired) electrons. The fraction of sp³-hybridized carbons (Fsp3) is 0.208. The van der Waals surface area contributed by atoms with Crippen molar-refractivity contribution in [2.75, 3.05) is 38.6 Å². The van der Waals surface area contributed by atoms with E-state index in [9.17, 15) is 9.59 Å². The number of piperazine rings is 1. The van der Waals surface area contributed by atoms with Gasteiger partial charge in [-0.3, -0.25) is 15.2 Å². The first-order valence-electron chi connectivity index (χ1n) is 10.6. The van der Waals surface area contributed by atoms with Crippen LogP contribution < -0.4 is 10.1 Å². The fourth-order valence-corrected chi connectivity index (χ4v) is 3.93. The van der Waals surface area contributed by atoms with E-state index in [0.29, 0.717) is 37.8 Å². The summed E-state index contributed by atoms with van der Waals surface area (Å²) in [6.07, 6.45) is 1.48. The van der Waals surface area contributed by atoms with Crippen LogP contribution in [0.2, 0.25) is 0 Å². The first-order valence-corrected chi connectivity index (χ1v) is 10.6. The van der Waals surface area contributed by atoms with Crippen LogP contribution in [-0.4, -0.2) is 65.2 Å². The van der Waals surface area contributed by atoms with Crippen LogP contribution in [0.25, 0.3) is 22.0 Å². The summed E-state index contributed by atoms with van der Waals surface area (Å²) in [5, 5.41) is 11.0. The number of nitrogens with one attached hydrogen (secondary N) is 2. The largest absolute Gasteiger partial charge is 0.497 e. The van der Waals surface area contributed by atoms with E-state index in [1.54, 1.807) is 29.0 Å². The maximum absolute atomic E-state index is 12.8. The molecule has 3 amide bonds. The van der Waals surface area contributed by atoms with Gasteiger partial charge in [0.05, 0.1) is 18.9 Å². The SMILES string of the molecule is COc1ccc(-c2ccc3c(NC(=O)N4CCN(C(=O)c5ccco5)CC4)n[nH]c3c2)cc1. The van der Waals surface area contributed by atoms with E-state index in [1.165, 1.54) is 6.26 Å². The average molecular weight is 445 g/mol. The summed E-state index contributed by atoms with van der Waals surface area (Å²) < 4.78 is 10.4. The lowest BCUT2D eigenvalue weighted by Gasteiger charge is -2.34. The summed E-state index contributed by atoms with van der Waals surface area (Å²) in [5.74, 6) is 1.43. The second kappa shape index (κ2) is 8.70. The average Bonchev–Trinajstić information content (AvgIpc) is 3.54. The number of urea groups is 1. The second-order valence-corrected chi connectivity index (χ2v) is 7.75. The van der Waals surface area contributed by atoms with Crippen molar-refractivity contribution < 1.29 is 18.7 Å². The molecule has 1 fully saturated rings. The Kier molecular flexibility index (Phi) is 5.43. The van der Waals surface area contributed by atoms with Crippen molar-refractivity contribution in [2.24, 2.45) is 0 Å². The van der Waals surface area contributed by atoms with E-state index in [0.717, 1.165) is 27.8 Å². The molecule has 2 aromatic carbocycles. The lowest BCUT2D eigenvalue weighted by atomic mass is 10.0. The molecule has 2 aromatic heterocycles. The number of amides is 3. The third kappa shape index (κ3) is 4.12. The summed E-state index contributed by atoms with van der Waals surface area (Å²) in [4.78, 5) is 28.6. The van der Waals surface area contributed by atoms with Gasteiger partial charge in [0.15, 0.2) is 11.6 Å². The highest BCUT2D eigenvalue weighted by Crippen LogP contribution is 2.28. The summed E-state index contributed by atoms with van der Waals surface area (Å²) in [5.41, 5.74) is 2.91. The minimum Gasteiger partial charge on any atom is -0.497 e. The molecule has 3 heterocycles. The van der Waals surface area contributed by atoms with Crippen LogP contribution in [0.4, 0.5) is 10.6 Å². The molecular weight excluding hydrogens is 422 g/mol. The van der Waals surface area contributed by atoms with Gasteiger partial charge in [0.1, 0.15) is 5.75 Å². The highest BCUT2D eigenvalue weighted by molar-refractivity contribution is 6.00. The predicted octanol–water partition coefficient (Wildman–Crippen LogP) is 3.82. The number of H-pyrrole nitrogens is 1. The van der Waals surface area contributed by atoms with Gasteiger partial charge < -0.3 is 19.0 Å². The van der Waals surface area contributed by atoms with Crippen LogP contribution >= 0.6 is 0 Å². The first kappa shape index (κ1) is 20.6. The number of benzene rings is 2. The minimum absolute atomic E-state index is 0.161. The molecule has 0 aliphatic carbocycles. The third-order valence-corrected chi connectivity index (χ3v) is 5.80. The number of carbonyl (C=O) groups is 2. The molecule has 9 heteroatoms. The molecule has 5 rings (SSSR count). The molecule has 0 unspecified atom stereocenters. The van der Waals surface area contributed by atoms with Crippen molar-refractivity contribution in [1.29, 1.82) is 0 Å². The Bertz CT molecular complexity index is 1270. The molecule has 2 N–H and O–H groups in total. The number of aromatic nitrogens is 2. The Morgan fingerprint density at radius 1 is 1.00 bits per heavy atom. The number of rotatable bonds is 4. The van der Waals surface area contributed by atoms with E-state index >= 15 is 0 Å². The Hall–Kier alpha value is -4.27. The number of ether oxygens (including phenoxy) is 1. The summed E-state index contributed by atoms with van der Waals surface area (Å²) in [7, 11) is 1.64. The lowest BCUT2D eigenvalue weighted by Crippen LogP contribution is -2.51. The Balaban J connectivity index is 1.24. The Labute approximate surface area is 189 Å². The van der Waals surface area contributed by atoms with E-state index in [-0.39, 0.29) is 11.9 Å². The topological polar surface area (TPSA) is 104 Å². The smallest absolute Gasteiger partial charge is 0.323 e. The van der Waals surface area contributed by atoms with Gasteiger partial charge in [-0.1, -0.05) is 18.2 Å². The van der Waals surface area contributed by atoms with Gasteiger partial charge in [-0.05, 0) is 47.5 Å². The standard InChI is InChI=1S/C24H23N5O4/c1-32-18-7-4-16(5-8-18)17-6-9-19-20(15-17)26-27-22(19)25-24(31)29-12-10-28(11-13-29)23(30)21-3-2-14-33-21/h2-9,14-15H,10-13H2,1H3,(H2,25,26,27,31). The molecule has 1 aliphatic heterocycles.